The molecule has 2 nitrogen and oxygen atoms in total. The van der Waals surface area contributed by atoms with Crippen LogP contribution in [0.3, 0.4) is 0 Å². The van der Waals surface area contributed by atoms with E-state index >= 15 is 0 Å². The Bertz CT molecular complexity index is 341. The lowest BCUT2D eigenvalue weighted by molar-refractivity contribution is 0.112. The molecule has 0 bridgehead atoms. The normalized spacial score (nSPS) is 10.8. The van der Waals surface area contributed by atoms with E-state index in [4.69, 9.17) is 0 Å². The van der Waals surface area contributed by atoms with Crippen molar-refractivity contribution >= 4 is 6.29 Å². The topological polar surface area (TPSA) is 20.3 Å². The van der Waals surface area contributed by atoms with Crippen LogP contribution in [0.25, 0.3) is 0 Å². The van der Waals surface area contributed by atoms with Gasteiger partial charge in [0.2, 0.25) is 0 Å². The molecular formula is C16H25NO. The van der Waals surface area contributed by atoms with Gasteiger partial charge in [-0.05, 0) is 37.6 Å². The van der Waals surface area contributed by atoms with Crippen molar-refractivity contribution in [3.63, 3.8) is 0 Å². The van der Waals surface area contributed by atoms with Crippen LogP contribution in [0.1, 0.15) is 55.5 Å². The van der Waals surface area contributed by atoms with Gasteiger partial charge < -0.3 is 0 Å². The maximum atomic E-state index is 10.8. The number of nitrogens with zero attached hydrogens (tertiary/aromatic N) is 1. The summed E-state index contributed by atoms with van der Waals surface area (Å²) in [5.74, 6) is 0. The lowest BCUT2D eigenvalue weighted by atomic mass is 10.1. The third-order valence-corrected chi connectivity index (χ3v) is 3.15. The van der Waals surface area contributed by atoms with E-state index in [1.807, 2.05) is 18.2 Å². The molecule has 18 heavy (non-hydrogen) atoms. The molecule has 0 aliphatic carbocycles. The summed E-state index contributed by atoms with van der Waals surface area (Å²) in [6, 6.07) is 7.94. The average Bonchev–Trinajstić information content (AvgIpc) is 2.42. The largest absolute Gasteiger partial charge is 0.299 e. The van der Waals surface area contributed by atoms with E-state index in [1.54, 1.807) is 0 Å². The van der Waals surface area contributed by atoms with Gasteiger partial charge in [-0.25, -0.2) is 0 Å². The summed E-state index contributed by atoms with van der Waals surface area (Å²) in [6.45, 7) is 7.72. The molecule has 0 aliphatic rings. The fraction of sp³-hybridized carbons (Fsp3) is 0.562. The van der Waals surface area contributed by atoms with Gasteiger partial charge in [-0.3, -0.25) is 9.69 Å². The quantitative estimate of drug-likeness (QED) is 0.617. The zero-order chi connectivity index (χ0) is 13.2. The molecule has 0 fully saturated rings. The fourth-order valence-corrected chi connectivity index (χ4v) is 2.06. The highest BCUT2D eigenvalue weighted by Crippen LogP contribution is 2.09. The minimum Gasteiger partial charge on any atom is -0.299 e. The molecule has 1 rings (SSSR count). The first-order valence-electron chi connectivity index (χ1n) is 7.06. The number of rotatable bonds is 9. The van der Waals surface area contributed by atoms with Gasteiger partial charge in [-0.1, -0.05) is 44.9 Å². The third kappa shape index (κ3) is 5.46. The SMILES string of the molecule is CCCCN(CCCC)Cc1cccc(C=O)c1. The number of benzene rings is 1. The molecule has 0 amide bonds. The molecule has 0 heterocycles. The Kier molecular flexibility index (Phi) is 7.35. The van der Waals surface area contributed by atoms with Crippen molar-refractivity contribution in [3.05, 3.63) is 35.4 Å². The van der Waals surface area contributed by atoms with Crippen molar-refractivity contribution in [2.24, 2.45) is 0 Å². The van der Waals surface area contributed by atoms with Crippen LogP contribution in [0.15, 0.2) is 24.3 Å². The van der Waals surface area contributed by atoms with Crippen LogP contribution in [-0.2, 0) is 6.54 Å². The number of carbonyl (C=O) groups excluding carboxylic acids is 1. The number of aldehydes is 1. The molecule has 0 aliphatic heterocycles. The first-order chi connectivity index (χ1) is 8.80. The highest BCUT2D eigenvalue weighted by molar-refractivity contribution is 5.74. The van der Waals surface area contributed by atoms with E-state index in [0.717, 1.165) is 31.5 Å². The lowest BCUT2D eigenvalue weighted by Crippen LogP contribution is -2.25. The van der Waals surface area contributed by atoms with Crippen LogP contribution in [0.2, 0.25) is 0 Å². The molecule has 2 heteroatoms. The Morgan fingerprint density at radius 1 is 1.11 bits per heavy atom. The minimum atomic E-state index is 0.776. The fourth-order valence-electron chi connectivity index (χ4n) is 2.06. The first kappa shape index (κ1) is 14.9. The molecule has 0 aromatic heterocycles. The maximum Gasteiger partial charge on any atom is 0.150 e. The van der Waals surface area contributed by atoms with Crippen molar-refractivity contribution in [1.29, 1.82) is 0 Å². The molecule has 0 radical (unpaired) electrons. The monoisotopic (exact) mass is 247 g/mol. The number of unbranched alkanes of at least 4 members (excludes halogenated alkanes) is 2. The zero-order valence-electron chi connectivity index (χ0n) is 11.7. The smallest absolute Gasteiger partial charge is 0.150 e. The van der Waals surface area contributed by atoms with Crippen molar-refractivity contribution in [2.75, 3.05) is 13.1 Å². The van der Waals surface area contributed by atoms with E-state index in [9.17, 15) is 4.79 Å². The van der Waals surface area contributed by atoms with Crippen LogP contribution in [0, 0.1) is 0 Å². The summed E-state index contributed by atoms with van der Waals surface area (Å²) < 4.78 is 0. The predicted octanol–water partition coefficient (Wildman–Crippen LogP) is 3.90. The van der Waals surface area contributed by atoms with Gasteiger partial charge in [0.25, 0.3) is 0 Å². The summed E-state index contributed by atoms with van der Waals surface area (Å²) in [5.41, 5.74) is 2.02. The van der Waals surface area contributed by atoms with Gasteiger partial charge >= 0.3 is 0 Å². The zero-order valence-corrected chi connectivity index (χ0v) is 11.7. The van der Waals surface area contributed by atoms with E-state index in [-0.39, 0.29) is 0 Å². The van der Waals surface area contributed by atoms with Gasteiger partial charge in [0.05, 0.1) is 0 Å². The Morgan fingerprint density at radius 2 is 1.78 bits per heavy atom. The van der Waals surface area contributed by atoms with Crippen molar-refractivity contribution in [1.82, 2.24) is 4.90 Å². The van der Waals surface area contributed by atoms with Crippen LogP contribution in [0.5, 0.6) is 0 Å². The van der Waals surface area contributed by atoms with Crippen molar-refractivity contribution in [2.45, 2.75) is 46.1 Å². The highest BCUT2D eigenvalue weighted by atomic mass is 16.1. The Morgan fingerprint density at radius 3 is 2.33 bits per heavy atom. The lowest BCUT2D eigenvalue weighted by Gasteiger charge is -2.22. The van der Waals surface area contributed by atoms with Crippen LogP contribution >= 0.6 is 0 Å². The molecule has 1 aromatic carbocycles. The van der Waals surface area contributed by atoms with Gasteiger partial charge in [0, 0.05) is 12.1 Å². The van der Waals surface area contributed by atoms with Crippen molar-refractivity contribution < 1.29 is 4.79 Å². The van der Waals surface area contributed by atoms with Gasteiger partial charge in [0.1, 0.15) is 6.29 Å². The maximum absolute atomic E-state index is 10.8. The van der Waals surface area contributed by atoms with Gasteiger partial charge in [0.15, 0.2) is 0 Å². The molecule has 0 atom stereocenters. The summed E-state index contributed by atoms with van der Waals surface area (Å²) >= 11 is 0. The summed E-state index contributed by atoms with van der Waals surface area (Å²) in [6.07, 6.45) is 5.88. The van der Waals surface area contributed by atoms with Crippen LogP contribution < -0.4 is 0 Å². The summed E-state index contributed by atoms with van der Waals surface area (Å²) in [7, 11) is 0. The average molecular weight is 247 g/mol. The number of hydrogen-bond acceptors (Lipinski definition) is 2. The molecule has 0 saturated heterocycles. The molecule has 0 unspecified atom stereocenters. The molecule has 0 saturated carbocycles. The summed E-state index contributed by atoms with van der Waals surface area (Å²) in [4.78, 5) is 13.3. The molecular weight excluding hydrogens is 222 g/mol. The Balaban J connectivity index is 2.59. The standard InChI is InChI=1S/C16H25NO/c1-3-5-10-17(11-6-4-2)13-15-8-7-9-16(12-15)14-18/h7-9,12,14H,3-6,10-11,13H2,1-2H3. The number of carbonyl (C=O) groups is 1. The summed E-state index contributed by atoms with van der Waals surface area (Å²) in [5, 5.41) is 0. The van der Waals surface area contributed by atoms with E-state index in [1.165, 1.54) is 31.2 Å². The second-order valence-corrected chi connectivity index (χ2v) is 4.85. The van der Waals surface area contributed by atoms with E-state index < -0.39 is 0 Å². The highest BCUT2D eigenvalue weighted by Gasteiger charge is 2.05. The minimum absolute atomic E-state index is 0.776. The molecule has 100 valence electrons. The molecule has 0 N–H and O–H groups in total. The third-order valence-electron chi connectivity index (χ3n) is 3.15. The van der Waals surface area contributed by atoms with Gasteiger partial charge in [-0.15, -0.1) is 0 Å². The van der Waals surface area contributed by atoms with E-state index in [2.05, 4.69) is 24.8 Å². The molecule has 1 aromatic rings. The number of hydrogen-bond donors (Lipinski definition) is 0. The van der Waals surface area contributed by atoms with Crippen LogP contribution in [-0.4, -0.2) is 24.3 Å². The second-order valence-electron chi connectivity index (χ2n) is 4.85. The molecule has 0 spiro atoms. The van der Waals surface area contributed by atoms with Gasteiger partial charge in [-0.2, -0.15) is 0 Å². The second kappa shape index (κ2) is 8.87. The first-order valence-corrected chi connectivity index (χ1v) is 7.06. The predicted molar refractivity (Wildman–Crippen MR) is 76.9 cm³/mol. The Labute approximate surface area is 111 Å². The van der Waals surface area contributed by atoms with E-state index in [0.29, 0.717) is 0 Å². The van der Waals surface area contributed by atoms with Crippen molar-refractivity contribution in [3.8, 4) is 0 Å². The Hall–Kier alpha value is -1.15. The van der Waals surface area contributed by atoms with Crippen LogP contribution in [0.4, 0.5) is 0 Å².